The van der Waals surface area contributed by atoms with Crippen LogP contribution in [0.15, 0.2) is 42.7 Å². The molecule has 0 saturated carbocycles. The van der Waals surface area contributed by atoms with E-state index in [4.69, 9.17) is 9.72 Å². The van der Waals surface area contributed by atoms with Gasteiger partial charge >= 0.3 is 5.97 Å². The third-order valence-electron chi connectivity index (χ3n) is 5.37. The fourth-order valence-electron chi connectivity index (χ4n) is 3.80. The Kier molecular flexibility index (Phi) is 4.80. The van der Waals surface area contributed by atoms with E-state index in [9.17, 15) is 4.79 Å². The van der Waals surface area contributed by atoms with Crippen LogP contribution >= 0.6 is 11.3 Å². The topological polar surface area (TPSA) is 84.0 Å². The first kappa shape index (κ1) is 18.9. The highest BCUT2D eigenvalue weighted by Crippen LogP contribution is 2.38. The molecule has 1 atom stereocenters. The molecule has 1 fully saturated rings. The molecule has 8 heteroatoms. The first-order chi connectivity index (χ1) is 14.6. The predicted octanol–water partition coefficient (Wildman–Crippen LogP) is 3.92. The number of carbonyl (C=O) groups excluding carboxylic acids is 1. The number of likely N-dealkylation sites (N-methyl/N-ethyl adjacent to an activating group) is 1. The van der Waals surface area contributed by atoms with Crippen molar-refractivity contribution in [2.45, 2.75) is 19.4 Å². The molecule has 152 valence electrons. The SMILES string of the molecule is Cc1cccc2c(-c3nc(C(=O)OC4CCN(C)C4)c(-c4cccnc4)s3)[nH]nc12. The number of nitrogens with one attached hydrogen (secondary N) is 1. The Hall–Kier alpha value is -3.10. The molecule has 0 amide bonds. The predicted molar refractivity (Wildman–Crippen MR) is 116 cm³/mol. The summed E-state index contributed by atoms with van der Waals surface area (Å²) in [6.07, 6.45) is 4.19. The summed E-state index contributed by atoms with van der Waals surface area (Å²) in [5, 5.41) is 9.25. The van der Waals surface area contributed by atoms with Crippen LogP contribution in [0.4, 0.5) is 0 Å². The Morgan fingerprint density at radius 2 is 2.20 bits per heavy atom. The lowest BCUT2D eigenvalue weighted by Gasteiger charge is -2.11. The van der Waals surface area contributed by atoms with E-state index in [0.29, 0.717) is 10.7 Å². The van der Waals surface area contributed by atoms with Crippen LogP contribution in [0.3, 0.4) is 0 Å². The van der Waals surface area contributed by atoms with E-state index < -0.39 is 5.97 Å². The van der Waals surface area contributed by atoms with Gasteiger partial charge < -0.3 is 9.64 Å². The van der Waals surface area contributed by atoms with Gasteiger partial charge in [0.15, 0.2) is 5.69 Å². The number of likely N-dealkylation sites (tertiary alicyclic amines) is 1. The minimum absolute atomic E-state index is 0.106. The maximum Gasteiger partial charge on any atom is 0.358 e. The number of hydrogen-bond donors (Lipinski definition) is 1. The first-order valence-corrected chi connectivity index (χ1v) is 10.7. The number of aryl methyl sites for hydroxylation is 1. The number of thiazole rings is 1. The van der Waals surface area contributed by atoms with Crippen LogP contribution in [0.25, 0.3) is 32.0 Å². The number of carbonyl (C=O) groups is 1. The van der Waals surface area contributed by atoms with Crippen LogP contribution in [-0.2, 0) is 4.74 Å². The molecule has 1 saturated heterocycles. The third kappa shape index (κ3) is 3.38. The van der Waals surface area contributed by atoms with Gasteiger partial charge in [0, 0.05) is 36.4 Å². The number of pyridine rings is 1. The minimum Gasteiger partial charge on any atom is -0.456 e. The highest BCUT2D eigenvalue weighted by molar-refractivity contribution is 7.18. The van der Waals surface area contributed by atoms with Crippen molar-refractivity contribution in [3.05, 3.63) is 54.0 Å². The van der Waals surface area contributed by atoms with Crippen molar-refractivity contribution in [1.29, 1.82) is 0 Å². The van der Waals surface area contributed by atoms with Crippen molar-refractivity contribution in [2.24, 2.45) is 0 Å². The summed E-state index contributed by atoms with van der Waals surface area (Å²) in [6, 6.07) is 9.82. The summed E-state index contributed by atoms with van der Waals surface area (Å²) in [5.74, 6) is -0.392. The molecule has 1 unspecified atom stereocenters. The number of rotatable bonds is 4. The standard InChI is InChI=1S/C22H21N5O2S/c1-13-5-3-7-16-17(13)25-26-18(16)21-24-19(20(30-21)14-6-4-9-23-11-14)22(28)29-15-8-10-27(2)12-15/h3-7,9,11,15H,8,10,12H2,1-2H3,(H,25,26). The molecule has 3 aromatic heterocycles. The molecule has 5 rings (SSSR count). The van der Waals surface area contributed by atoms with Crippen molar-refractivity contribution in [2.75, 3.05) is 20.1 Å². The largest absolute Gasteiger partial charge is 0.456 e. The molecule has 1 aliphatic rings. The summed E-state index contributed by atoms with van der Waals surface area (Å²) in [7, 11) is 2.03. The lowest BCUT2D eigenvalue weighted by Crippen LogP contribution is -2.22. The van der Waals surface area contributed by atoms with Gasteiger partial charge in [-0.25, -0.2) is 9.78 Å². The molecule has 0 radical (unpaired) electrons. The number of esters is 1. The number of aromatic nitrogens is 4. The van der Waals surface area contributed by atoms with Gasteiger partial charge in [0.05, 0.1) is 10.4 Å². The normalized spacial score (nSPS) is 16.9. The molecule has 1 N–H and O–H groups in total. The number of H-pyrrole nitrogens is 1. The van der Waals surface area contributed by atoms with Gasteiger partial charge in [-0.15, -0.1) is 11.3 Å². The number of aromatic amines is 1. The van der Waals surface area contributed by atoms with Crippen molar-refractivity contribution >= 4 is 28.2 Å². The zero-order chi connectivity index (χ0) is 20.7. The molecule has 4 heterocycles. The van der Waals surface area contributed by atoms with Crippen LogP contribution in [0.1, 0.15) is 22.5 Å². The Morgan fingerprint density at radius 3 is 2.97 bits per heavy atom. The molecule has 0 bridgehead atoms. The Labute approximate surface area is 177 Å². The van der Waals surface area contributed by atoms with Gasteiger partial charge in [0.1, 0.15) is 16.8 Å². The van der Waals surface area contributed by atoms with E-state index in [2.05, 4.69) is 20.1 Å². The number of benzene rings is 1. The molecular formula is C22H21N5O2S. The Balaban J connectivity index is 1.58. The van der Waals surface area contributed by atoms with E-state index >= 15 is 0 Å². The summed E-state index contributed by atoms with van der Waals surface area (Å²) < 4.78 is 5.78. The second-order valence-corrected chi connectivity index (χ2v) is 8.59. The van der Waals surface area contributed by atoms with Crippen molar-refractivity contribution in [3.63, 3.8) is 0 Å². The van der Waals surface area contributed by atoms with Crippen LogP contribution in [0.2, 0.25) is 0 Å². The minimum atomic E-state index is -0.392. The van der Waals surface area contributed by atoms with Crippen molar-refractivity contribution in [3.8, 4) is 21.1 Å². The second kappa shape index (κ2) is 7.62. The van der Waals surface area contributed by atoms with E-state index in [0.717, 1.165) is 52.1 Å². The van der Waals surface area contributed by atoms with Gasteiger partial charge in [-0.3, -0.25) is 10.1 Å². The van der Waals surface area contributed by atoms with Crippen LogP contribution in [0.5, 0.6) is 0 Å². The summed E-state index contributed by atoms with van der Waals surface area (Å²) in [5.41, 5.74) is 3.97. The van der Waals surface area contributed by atoms with E-state index in [-0.39, 0.29) is 6.10 Å². The molecule has 0 spiro atoms. The zero-order valence-electron chi connectivity index (χ0n) is 16.8. The van der Waals surface area contributed by atoms with Crippen LogP contribution < -0.4 is 0 Å². The van der Waals surface area contributed by atoms with Crippen LogP contribution in [-0.4, -0.2) is 57.3 Å². The molecule has 0 aliphatic carbocycles. The van der Waals surface area contributed by atoms with Crippen LogP contribution in [0, 0.1) is 6.92 Å². The Morgan fingerprint density at radius 1 is 1.30 bits per heavy atom. The average molecular weight is 420 g/mol. The maximum absolute atomic E-state index is 13.1. The maximum atomic E-state index is 13.1. The molecule has 1 aromatic carbocycles. The number of hydrogen-bond acceptors (Lipinski definition) is 7. The monoisotopic (exact) mass is 419 g/mol. The summed E-state index contributed by atoms with van der Waals surface area (Å²) in [6.45, 7) is 3.70. The number of fused-ring (bicyclic) bond motifs is 1. The third-order valence-corrected chi connectivity index (χ3v) is 6.49. The lowest BCUT2D eigenvalue weighted by atomic mass is 10.1. The van der Waals surface area contributed by atoms with E-state index in [1.54, 1.807) is 12.4 Å². The molecule has 4 aromatic rings. The van der Waals surface area contributed by atoms with E-state index in [1.165, 1.54) is 11.3 Å². The smallest absolute Gasteiger partial charge is 0.358 e. The van der Waals surface area contributed by atoms with Gasteiger partial charge in [-0.2, -0.15) is 5.10 Å². The average Bonchev–Trinajstić information content (AvgIpc) is 3.47. The zero-order valence-corrected chi connectivity index (χ0v) is 17.6. The van der Waals surface area contributed by atoms with Crippen molar-refractivity contribution in [1.82, 2.24) is 25.1 Å². The highest BCUT2D eigenvalue weighted by Gasteiger charge is 2.28. The fourth-order valence-corrected chi connectivity index (χ4v) is 4.85. The van der Waals surface area contributed by atoms with Gasteiger partial charge in [0.2, 0.25) is 0 Å². The van der Waals surface area contributed by atoms with Crippen molar-refractivity contribution < 1.29 is 9.53 Å². The quantitative estimate of drug-likeness (QED) is 0.505. The lowest BCUT2D eigenvalue weighted by molar-refractivity contribution is 0.0322. The number of para-hydroxylation sites is 1. The molecule has 30 heavy (non-hydrogen) atoms. The molecule has 7 nitrogen and oxygen atoms in total. The first-order valence-electron chi connectivity index (χ1n) is 9.85. The molecule has 1 aliphatic heterocycles. The van der Waals surface area contributed by atoms with E-state index in [1.807, 2.05) is 44.3 Å². The summed E-state index contributed by atoms with van der Waals surface area (Å²) in [4.78, 5) is 24.9. The number of nitrogens with zero attached hydrogens (tertiary/aromatic N) is 4. The number of ether oxygens (including phenoxy) is 1. The van der Waals surface area contributed by atoms with Gasteiger partial charge in [0.25, 0.3) is 0 Å². The van der Waals surface area contributed by atoms with Gasteiger partial charge in [-0.1, -0.05) is 24.3 Å². The Bertz CT molecular complexity index is 1220. The molecular weight excluding hydrogens is 398 g/mol. The van der Waals surface area contributed by atoms with Gasteiger partial charge in [-0.05, 0) is 32.0 Å². The highest BCUT2D eigenvalue weighted by atomic mass is 32.1. The summed E-state index contributed by atoms with van der Waals surface area (Å²) >= 11 is 1.44. The second-order valence-electron chi connectivity index (χ2n) is 7.59. The fraction of sp³-hybridized carbons (Fsp3) is 0.273.